The minimum atomic E-state index is -1.05. The molecule has 304 valence electrons. The summed E-state index contributed by atoms with van der Waals surface area (Å²) in [6.45, 7) is 3.62. The number of fused-ring (bicyclic) bond motifs is 5. The second-order valence-corrected chi connectivity index (χ2v) is 17.5. The number of imidazole rings is 1. The fraction of sp³-hybridized carbons (Fsp3) is 0.341. The number of rotatable bonds is 9. The lowest BCUT2D eigenvalue weighted by Gasteiger charge is -2.35. The van der Waals surface area contributed by atoms with Gasteiger partial charge in [0.1, 0.15) is 11.9 Å². The third kappa shape index (κ3) is 6.10. The number of aryl methyl sites for hydroxylation is 1. The molecule has 0 saturated carbocycles. The van der Waals surface area contributed by atoms with Gasteiger partial charge in [-0.3, -0.25) is 39.5 Å². The molecule has 14 nitrogen and oxygen atoms in total. The number of nitrogens with one attached hydrogen (secondary N) is 2. The number of aromatic nitrogens is 3. The largest absolute Gasteiger partial charge is 0.366 e. The molecule has 5 aromatic rings. The van der Waals surface area contributed by atoms with E-state index in [4.69, 9.17) is 0 Å². The Bertz CT molecular complexity index is 2630. The summed E-state index contributed by atoms with van der Waals surface area (Å²) in [5, 5.41) is 7.38. The third-order valence-corrected chi connectivity index (χ3v) is 13.8. The quantitative estimate of drug-likeness (QED) is 0.202. The highest BCUT2D eigenvalue weighted by molar-refractivity contribution is 7.13. The summed E-state index contributed by atoms with van der Waals surface area (Å²) in [4.78, 5) is 82.1. The Balaban J connectivity index is 0.763. The first kappa shape index (κ1) is 36.8. The van der Waals surface area contributed by atoms with Gasteiger partial charge in [0, 0.05) is 90.9 Å². The lowest BCUT2D eigenvalue weighted by molar-refractivity contribution is -0.137. The Labute approximate surface area is 348 Å². The summed E-state index contributed by atoms with van der Waals surface area (Å²) in [5.74, 6) is -2.21. The molecule has 2 aromatic heterocycles. The highest BCUT2D eigenvalue weighted by atomic mass is 32.1. The first-order valence-corrected chi connectivity index (χ1v) is 21.3. The van der Waals surface area contributed by atoms with Gasteiger partial charge < -0.3 is 19.3 Å². The van der Waals surface area contributed by atoms with E-state index in [1.807, 2.05) is 28.8 Å². The summed E-state index contributed by atoms with van der Waals surface area (Å²) < 4.78 is 18.0. The van der Waals surface area contributed by atoms with Crippen molar-refractivity contribution >= 4 is 51.7 Å². The van der Waals surface area contributed by atoms with Gasteiger partial charge in [0.2, 0.25) is 11.8 Å². The molecule has 3 fully saturated rings. The van der Waals surface area contributed by atoms with E-state index in [1.165, 1.54) is 22.3 Å². The van der Waals surface area contributed by atoms with Gasteiger partial charge >= 0.3 is 0 Å². The number of piperazine rings is 1. The van der Waals surface area contributed by atoms with Gasteiger partial charge in [-0.25, -0.2) is 14.4 Å². The molecule has 16 heteroatoms. The van der Waals surface area contributed by atoms with Crippen molar-refractivity contribution in [2.45, 2.75) is 82.5 Å². The molecular weight excluding hydrogens is 786 g/mol. The summed E-state index contributed by atoms with van der Waals surface area (Å²) in [6.07, 6.45) is 6.58. The minimum absolute atomic E-state index is 0.0503. The Kier molecular flexibility index (Phi) is 8.70. The van der Waals surface area contributed by atoms with Crippen LogP contribution in [-0.2, 0) is 47.0 Å². The molecule has 11 rings (SSSR count). The molecule has 6 aliphatic rings. The predicted octanol–water partition coefficient (Wildman–Crippen LogP) is 4.65. The first-order chi connectivity index (χ1) is 29.2. The van der Waals surface area contributed by atoms with Gasteiger partial charge in [0.15, 0.2) is 11.2 Å². The minimum Gasteiger partial charge on any atom is -0.366 e. The summed E-state index contributed by atoms with van der Waals surface area (Å²) in [5.41, 5.74) is 7.05. The zero-order valence-electron chi connectivity index (χ0n) is 32.5. The van der Waals surface area contributed by atoms with Crippen molar-refractivity contribution in [1.29, 1.82) is 0 Å². The molecule has 2 bridgehead atoms. The van der Waals surface area contributed by atoms with Crippen molar-refractivity contribution in [2.24, 2.45) is 0 Å². The third-order valence-electron chi connectivity index (χ3n) is 13.1. The highest BCUT2D eigenvalue weighted by Crippen LogP contribution is 2.40. The van der Waals surface area contributed by atoms with E-state index in [-0.39, 0.29) is 35.9 Å². The maximum atomic E-state index is 16.0. The number of thiazole rings is 1. The van der Waals surface area contributed by atoms with Gasteiger partial charge in [-0.15, -0.1) is 11.3 Å². The number of hydrogen-bond donors (Lipinski definition) is 2. The number of carbonyl (C=O) groups is 5. The van der Waals surface area contributed by atoms with Gasteiger partial charge in [0.25, 0.3) is 17.7 Å². The Morgan fingerprint density at radius 3 is 2.57 bits per heavy atom. The smallest absolute Gasteiger partial charge is 0.255 e. The predicted molar refractivity (Wildman–Crippen MR) is 218 cm³/mol. The summed E-state index contributed by atoms with van der Waals surface area (Å²) in [7, 11) is 0. The second kappa shape index (κ2) is 14.2. The number of hydrogen-bond acceptors (Lipinski definition) is 10. The summed E-state index contributed by atoms with van der Waals surface area (Å²) >= 11 is 1.28. The number of imide groups is 1. The number of amides is 5. The van der Waals surface area contributed by atoms with Crippen molar-refractivity contribution in [3.8, 4) is 11.1 Å². The van der Waals surface area contributed by atoms with E-state index in [0.29, 0.717) is 47.0 Å². The van der Waals surface area contributed by atoms with Crippen LogP contribution in [0.3, 0.4) is 0 Å². The van der Waals surface area contributed by atoms with E-state index in [0.717, 1.165) is 73.5 Å². The van der Waals surface area contributed by atoms with Gasteiger partial charge in [0.05, 0.1) is 18.6 Å². The molecule has 2 N–H and O–H groups in total. The zero-order valence-corrected chi connectivity index (χ0v) is 33.3. The molecule has 2 unspecified atom stereocenters. The van der Waals surface area contributed by atoms with Gasteiger partial charge in [-0.1, -0.05) is 24.3 Å². The Hall–Kier alpha value is -6.26. The van der Waals surface area contributed by atoms with Crippen molar-refractivity contribution in [3.05, 3.63) is 118 Å². The van der Waals surface area contributed by atoms with E-state index >= 15 is 4.39 Å². The molecule has 6 aliphatic heterocycles. The highest BCUT2D eigenvalue weighted by Gasteiger charge is 2.45. The van der Waals surface area contributed by atoms with E-state index in [1.54, 1.807) is 28.9 Å². The normalized spacial score (nSPS) is 22.4. The number of nitrogens with zero attached hydrogens (tertiary/aromatic N) is 7. The average Bonchev–Trinajstić information content (AvgIpc) is 4.11. The number of benzene rings is 3. The average molecular weight is 826 g/mol. The summed E-state index contributed by atoms with van der Waals surface area (Å²) in [6, 6.07) is 16.2. The molecule has 0 spiro atoms. The van der Waals surface area contributed by atoms with Gasteiger partial charge in [-0.2, -0.15) is 0 Å². The van der Waals surface area contributed by atoms with E-state index < -0.39 is 35.6 Å². The van der Waals surface area contributed by atoms with Crippen LogP contribution < -0.4 is 15.5 Å². The van der Waals surface area contributed by atoms with Crippen LogP contribution in [-0.4, -0.2) is 90.0 Å². The molecule has 0 radical (unpaired) electrons. The van der Waals surface area contributed by atoms with Crippen LogP contribution in [0.1, 0.15) is 80.5 Å². The van der Waals surface area contributed by atoms with Crippen LogP contribution in [0.4, 0.5) is 15.2 Å². The molecule has 8 heterocycles. The van der Waals surface area contributed by atoms with Crippen molar-refractivity contribution in [3.63, 3.8) is 0 Å². The van der Waals surface area contributed by atoms with Crippen LogP contribution in [0.5, 0.6) is 0 Å². The molecular formula is C44H40FN9O5S. The van der Waals surface area contributed by atoms with Crippen LogP contribution >= 0.6 is 11.3 Å². The molecule has 5 amide bonds. The van der Waals surface area contributed by atoms with E-state index in [9.17, 15) is 24.0 Å². The fourth-order valence-corrected chi connectivity index (χ4v) is 10.8. The Morgan fingerprint density at radius 2 is 1.78 bits per heavy atom. The van der Waals surface area contributed by atoms with Crippen LogP contribution in [0.25, 0.3) is 11.1 Å². The van der Waals surface area contributed by atoms with Crippen LogP contribution in [0.2, 0.25) is 0 Å². The topological polar surface area (TPSA) is 153 Å². The number of anilines is 2. The molecule has 3 saturated heterocycles. The van der Waals surface area contributed by atoms with E-state index in [2.05, 4.69) is 48.6 Å². The lowest BCUT2D eigenvalue weighted by atomic mass is 9.99. The molecule has 4 atom stereocenters. The Morgan fingerprint density at radius 1 is 0.917 bits per heavy atom. The standard InChI is InChI=1S/C44H40FN9O5S/c45-34-16-26(15-32-33(34)22-54(43(32)59)39(41(57)49-44-46-11-13-60-44)38-35-2-1-12-50(35)23-47-38)25-4-6-28(7-5-25)52-21-29-17-30(52)20-51(29)18-24-3-8-31-27(14-24)19-53(42(31)58)36-9-10-37(55)48-40(36)56/h3-8,11,13-16,23,29-30,36,39H,1-2,9-10,12,17-22H2,(H,46,49,57)(H,48,55,56)/t29-,30-,36?,39?/m1/s1. The van der Waals surface area contributed by atoms with Crippen LogP contribution in [0.15, 0.2) is 72.5 Å². The molecule has 0 aliphatic carbocycles. The SMILES string of the molecule is O=C1CCC(N2Cc3cc(CN4C[C@H]5C[C@@H]4CN5c4ccc(-c5cc(F)c6c(c5)C(=O)N(C(C(=O)Nc5nccs5)c5ncn7c5CCC7)C6)cc4)ccc3C2=O)C(=O)N1. The number of piperidine rings is 1. The lowest BCUT2D eigenvalue weighted by Crippen LogP contribution is -2.52. The first-order valence-electron chi connectivity index (χ1n) is 20.4. The van der Waals surface area contributed by atoms with Crippen molar-refractivity contribution in [1.82, 2.24) is 34.6 Å². The van der Waals surface area contributed by atoms with Crippen LogP contribution in [0, 0.1) is 5.82 Å². The zero-order chi connectivity index (χ0) is 40.8. The van der Waals surface area contributed by atoms with Gasteiger partial charge in [-0.05, 0) is 78.3 Å². The molecule has 3 aromatic carbocycles. The maximum Gasteiger partial charge on any atom is 0.255 e. The number of likely N-dealkylation sites (tertiary alicyclic amines) is 1. The molecule has 60 heavy (non-hydrogen) atoms. The monoisotopic (exact) mass is 825 g/mol. The van der Waals surface area contributed by atoms with Crippen molar-refractivity contribution < 1.29 is 28.4 Å². The second-order valence-electron chi connectivity index (χ2n) is 16.6. The fourth-order valence-electron chi connectivity index (χ4n) is 10.2. The van der Waals surface area contributed by atoms with Crippen molar-refractivity contribution in [2.75, 3.05) is 23.3 Å². The number of halogens is 1. The maximum absolute atomic E-state index is 16.0. The number of carbonyl (C=O) groups excluding carboxylic acids is 5.